The number of nitrogens with zero attached hydrogens (tertiary/aromatic N) is 1. The molecule has 0 unspecified atom stereocenters. The molecule has 1 amide bonds. The summed E-state index contributed by atoms with van der Waals surface area (Å²) in [5.41, 5.74) is 0.812. The van der Waals surface area contributed by atoms with Crippen molar-refractivity contribution in [1.82, 2.24) is 4.90 Å². The Hall–Kier alpha value is -0.830. The van der Waals surface area contributed by atoms with E-state index in [4.69, 9.17) is 0 Å². The monoisotopic (exact) mass is 297 g/mol. The van der Waals surface area contributed by atoms with Crippen LogP contribution in [-0.2, 0) is 4.79 Å². The highest BCUT2D eigenvalue weighted by Gasteiger charge is 2.28. The van der Waals surface area contributed by atoms with E-state index in [1.165, 1.54) is 0 Å². The van der Waals surface area contributed by atoms with Gasteiger partial charge in [-0.1, -0.05) is 48.8 Å². The van der Waals surface area contributed by atoms with Gasteiger partial charge in [-0.3, -0.25) is 4.79 Å². The first-order valence-electron chi connectivity index (χ1n) is 5.76. The highest BCUT2D eigenvalue weighted by molar-refractivity contribution is 9.10. The van der Waals surface area contributed by atoms with Crippen molar-refractivity contribution in [2.45, 2.75) is 33.7 Å². The van der Waals surface area contributed by atoms with Crippen molar-refractivity contribution in [2.24, 2.45) is 5.41 Å². The van der Waals surface area contributed by atoms with E-state index >= 15 is 0 Å². The van der Waals surface area contributed by atoms with Crippen LogP contribution >= 0.6 is 15.9 Å². The van der Waals surface area contributed by atoms with Gasteiger partial charge in [-0.2, -0.15) is 0 Å². The molecule has 1 aromatic carbocycles. The van der Waals surface area contributed by atoms with Crippen molar-refractivity contribution < 1.29 is 4.79 Å². The Morgan fingerprint density at radius 3 is 2.12 bits per heavy atom. The molecule has 0 fully saturated rings. The Morgan fingerprint density at radius 2 is 1.71 bits per heavy atom. The zero-order chi connectivity index (χ0) is 13.2. The van der Waals surface area contributed by atoms with Gasteiger partial charge in [0.1, 0.15) is 0 Å². The van der Waals surface area contributed by atoms with E-state index in [0.29, 0.717) is 0 Å². The molecule has 0 aliphatic heterocycles. The van der Waals surface area contributed by atoms with Gasteiger partial charge in [-0.15, -0.1) is 0 Å². The summed E-state index contributed by atoms with van der Waals surface area (Å²) >= 11 is 3.41. The highest BCUT2D eigenvalue weighted by Crippen LogP contribution is 2.25. The Morgan fingerprint density at radius 1 is 1.24 bits per heavy atom. The molecule has 0 N–H and O–H groups in total. The number of amides is 1. The molecule has 0 bridgehead atoms. The smallest absolute Gasteiger partial charge is 0.228 e. The van der Waals surface area contributed by atoms with Crippen LogP contribution in [0.25, 0.3) is 0 Å². The van der Waals surface area contributed by atoms with Crippen molar-refractivity contribution in [1.29, 1.82) is 0 Å². The molecule has 0 aromatic heterocycles. The van der Waals surface area contributed by atoms with E-state index in [1.54, 1.807) is 0 Å². The first-order chi connectivity index (χ1) is 7.73. The number of carbonyl (C=O) groups excluding carboxylic acids is 1. The molecule has 0 spiro atoms. The Labute approximate surface area is 112 Å². The predicted octanol–water partition coefficient (Wildman–Crippen LogP) is 4.01. The fourth-order valence-corrected chi connectivity index (χ4v) is 1.93. The number of benzene rings is 1. The lowest BCUT2D eigenvalue weighted by atomic mass is 9.93. The summed E-state index contributed by atoms with van der Waals surface area (Å²) in [6.45, 7) is 7.88. The molecule has 1 aromatic rings. The molecule has 3 heteroatoms. The normalized spacial score (nSPS) is 13.3. The SMILES string of the molecule is C[C@H](c1ccc(Br)cc1)N(C)C(=O)C(C)(C)C. The molecule has 0 saturated carbocycles. The molecule has 17 heavy (non-hydrogen) atoms. The maximum absolute atomic E-state index is 12.2. The van der Waals surface area contributed by atoms with Gasteiger partial charge in [0.25, 0.3) is 0 Å². The fraction of sp³-hybridized carbons (Fsp3) is 0.500. The molecular weight excluding hydrogens is 278 g/mol. The molecule has 2 nitrogen and oxygen atoms in total. The van der Waals surface area contributed by atoms with Crippen LogP contribution < -0.4 is 0 Å². The van der Waals surface area contributed by atoms with Gasteiger partial charge in [0, 0.05) is 16.9 Å². The van der Waals surface area contributed by atoms with Crippen LogP contribution in [0.5, 0.6) is 0 Å². The third-order valence-electron chi connectivity index (χ3n) is 2.90. The van der Waals surface area contributed by atoms with Crippen LogP contribution in [0.15, 0.2) is 28.7 Å². The van der Waals surface area contributed by atoms with Gasteiger partial charge in [0.2, 0.25) is 5.91 Å². The summed E-state index contributed by atoms with van der Waals surface area (Å²) < 4.78 is 1.05. The van der Waals surface area contributed by atoms with Crippen LogP contribution in [-0.4, -0.2) is 17.9 Å². The van der Waals surface area contributed by atoms with Gasteiger partial charge in [0.15, 0.2) is 0 Å². The summed E-state index contributed by atoms with van der Waals surface area (Å²) in [7, 11) is 1.86. The van der Waals surface area contributed by atoms with Gasteiger partial charge >= 0.3 is 0 Å². The molecule has 1 atom stereocenters. The van der Waals surface area contributed by atoms with Crippen LogP contribution in [0.3, 0.4) is 0 Å². The summed E-state index contributed by atoms with van der Waals surface area (Å²) in [6, 6.07) is 8.18. The zero-order valence-electron chi connectivity index (χ0n) is 11.1. The van der Waals surface area contributed by atoms with E-state index in [1.807, 2.05) is 63.9 Å². The van der Waals surface area contributed by atoms with E-state index < -0.39 is 0 Å². The topological polar surface area (TPSA) is 20.3 Å². The molecule has 0 saturated heterocycles. The number of hydrogen-bond acceptors (Lipinski definition) is 1. The minimum Gasteiger partial charge on any atom is -0.339 e. The Bertz CT molecular complexity index is 392. The van der Waals surface area contributed by atoms with Gasteiger partial charge in [-0.05, 0) is 24.6 Å². The fourth-order valence-electron chi connectivity index (χ4n) is 1.67. The quantitative estimate of drug-likeness (QED) is 0.807. The van der Waals surface area contributed by atoms with Gasteiger partial charge < -0.3 is 4.90 Å². The number of rotatable bonds is 2. The van der Waals surface area contributed by atoms with Gasteiger partial charge in [0.05, 0.1) is 6.04 Å². The van der Waals surface area contributed by atoms with Crippen LogP contribution in [0, 0.1) is 5.41 Å². The minimum atomic E-state index is -0.335. The summed E-state index contributed by atoms with van der Waals surface area (Å²) in [5, 5.41) is 0. The third kappa shape index (κ3) is 3.56. The minimum absolute atomic E-state index is 0.0924. The number of carbonyl (C=O) groups is 1. The summed E-state index contributed by atoms with van der Waals surface area (Å²) in [4.78, 5) is 14.0. The van der Waals surface area contributed by atoms with Crippen LogP contribution in [0.4, 0.5) is 0 Å². The summed E-state index contributed by atoms with van der Waals surface area (Å²) in [5.74, 6) is 0.160. The van der Waals surface area contributed by atoms with Crippen LogP contribution in [0.1, 0.15) is 39.3 Å². The van der Waals surface area contributed by atoms with Gasteiger partial charge in [-0.25, -0.2) is 0 Å². The number of hydrogen-bond donors (Lipinski definition) is 0. The first kappa shape index (κ1) is 14.2. The largest absolute Gasteiger partial charge is 0.339 e. The maximum atomic E-state index is 12.2. The second-order valence-corrected chi connectivity index (χ2v) is 6.31. The molecular formula is C14H20BrNO. The molecule has 0 radical (unpaired) electrons. The predicted molar refractivity (Wildman–Crippen MR) is 74.8 cm³/mol. The van der Waals surface area contributed by atoms with Crippen molar-refractivity contribution >= 4 is 21.8 Å². The lowest BCUT2D eigenvalue weighted by Gasteiger charge is -2.31. The molecule has 0 aliphatic carbocycles. The summed E-state index contributed by atoms with van der Waals surface area (Å²) in [6.07, 6.45) is 0. The second-order valence-electron chi connectivity index (χ2n) is 5.39. The maximum Gasteiger partial charge on any atom is 0.228 e. The van der Waals surface area contributed by atoms with E-state index in [-0.39, 0.29) is 17.4 Å². The van der Waals surface area contributed by atoms with E-state index in [2.05, 4.69) is 15.9 Å². The first-order valence-corrected chi connectivity index (χ1v) is 6.55. The third-order valence-corrected chi connectivity index (χ3v) is 3.42. The molecule has 0 heterocycles. The molecule has 1 rings (SSSR count). The second kappa shape index (κ2) is 5.21. The lowest BCUT2D eigenvalue weighted by Crippen LogP contribution is -2.38. The standard InChI is InChI=1S/C14H20BrNO/c1-10(11-6-8-12(15)9-7-11)16(5)13(17)14(2,3)4/h6-10H,1-5H3/t10-/m1/s1. The molecule has 94 valence electrons. The van der Waals surface area contributed by atoms with Crippen molar-refractivity contribution in [3.8, 4) is 0 Å². The Balaban J connectivity index is 2.87. The highest BCUT2D eigenvalue weighted by atomic mass is 79.9. The average molecular weight is 298 g/mol. The Kier molecular flexibility index (Phi) is 4.36. The molecule has 0 aliphatic rings. The van der Waals surface area contributed by atoms with Crippen molar-refractivity contribution in [3.05, 3.63) is 34.3 Å². The van der Waals surface area contributed by atoms with E-state index in [9.17, 15) is 4.79 Å². The number of halogens is 1. The average Bonchev–Trinajstić information content (AvgIpc) is 2.26. The van der Waals surface area contributed by atoms with E-state index in [0.717, 1.165) is 10.0 Å². The lowest BCUT2D eigenvalue weighted by molar-refractivity contribution is -0.140. The van der Waals surface area contributed by atoms with Crippen LogP contribution in [0.2, 0.25) is 0 Å². The zero-order valence-corrected chi connectivity index (χ0v) is 12.7. The van der Waals surface area contributed by atoms with Crippen molar-refractivity contribution in [3.63, 3.8) is 0 Å². The van der Waals surface area contributed by atoms with Crippen molar-refractivity contribution in [2.75, 3.05) is 7.05 Å².